The maximum Gasteiger partial charge on any atom is 0.306 e. The van der Waals surface area contributed by atoms with Crippen molar-refractivity contribution in [2.75, 3.05) is 13.7 Å². The Morgan fingerprint density at radius 2 is 2.22 bits per heavy atom. The molecule has 1 heterocycles. The number of rotatable bonds is 5. The fourth-order valence-corrected chi connectivity index (χ4v) is 1.85. The smallest absolute Gasteiger partial charge is 0.306 e. The average molecular weight is 247 g/mol. The van der Waals surface area contributed by atoms with Crippen LogP contribution >= 0.6 is 0 Å². The first-order valence-electron chi connectivity index (χ1n) is 5.90. The van der Waals surface area contributed by atoms with Crippen molar-refractivity contribution in [3.8, 4) is 0 Å². The van der Waals surface area contributed by atoms with Gasteiger partial charge in [0.25, 0.3) is 0 Å². The summed E-state index contributed by atoms with van der Waals surface area (Å²) < 4.78 is 6.63. The monoisotopic (exact) mass is 247 g/mol. The minimum atomic E-state index is -0.201. The number of para-hydroxylation sites is 2. The summed E-state index contributed by atoms with van der Waals surface area (Å²) in [5, 5.41) is 3.18. The fourth-order valence-electron chi connectivity index (χ4n) is 1.85. The molecule has 1 aromatic carbocycles. The van der Waals surface area contributed by atoms with E-state index in [1.165, 1.54) is 7.11 Å². The van der Waals surface area contributed by atoms with Crippen molar-refractivity contribution in [2.24, 2.45) is 7.05 Å². The number of benzene rings is 1. The molecule has 5 heteroatoms. The molecule has 0 bridgehead atoms. The molecule has 0 unspecified atom stereocenters. The molecule has 1 N–H and O–H groups in total. The van der Waals surface area contributed by atoms with E-state index in [1.54, 1.807) is 0 Å². The number of carbonyl (C=O) groups excluding carboxylic acids is 1. The van der Waals surface area contributed by atoms with Crippen LogP contribution in [-0.2, 0) is 23.1 Å². The maximum atomic E-state index is 10.9. The van der Waals surface area contributed by atoms with E-state index in [-0.39, 0.29) is 5.97 Å². The molecule has 0 aliphatic heterocycles. The standard InChI is InChI=1S/C13H17N3O2/c1-16-11-6-4-3-5-10(11)15-12(16)9-14-8-7-13(17)18-2/h3-6,14H,7-9H2,1-2H3. The van der Waals surface area contributed by atoms with Gasteiger partial charge in [-0.05, 0) is 12.1 Å². The van der Waals surface area contributed by atoms with E-state index in [1.807, 2.05) is 31.3 Å². The molecule has 5 nitrogen and oxygen atoms in total. The first-order valence-corrected chi connectivity index (χ1v) is 5.90. The van der Waals surface area contributed by atoms with Gasteiger partial charge in [-0.25, -0.2) is 4.98 Å². The number of fused-ring (bicyclic) bond motifs is 1. The van der Waals surface area contributed by atoms with E-state index in [9.17, 15) is 4.79 Å². The summed E-state index contributed by atoms with van der Waals surface area (Å²) in [6.07, 6.45) is 0.375. The Hall–Kier alpha value is -1.88. The van der Waals surface area contributed by atoms with Crippen molar-refractivity contribution < 1.29 is 9.53 Å². The van der Waals surface area contributed by atoms with E-state index in [0.717, 1.165) is 16.9 Å². The van der Waals surface area contributed by atoms with Crippen LogP contribution in [-0.4, -0.2) is 29.2 Å². The molecule has 96 valence electrons. The molecule has 0 saturated heterocycles. The van der Waals surface area contributed by atoms with Crippen LogP contribution in [0.3, 0.4) is 0 Å². The lowest BCUT2D eigenvalue weighted by Gasteiger charge is -2.04. The molecule has 0 fully saturated rings. The van der Waals surface area contributed by atoms with Crippen molar-refractivity contribution in [1.29, 1.82) is 0 Å². The number of nitrogens with one attached hydrogen (secondary N) is 1. The minimum Gasteiger partial charge on any atom is -0.469 e. The van der Waals surface area contributed by atoms with Crippen LogP contribution in [0, 0.1) is 0 Å². The predicted octanol–water partition coefficient (Wildman–Crippen LogP) is 1.23. The van der Waals surface area contributed by atoms with Crippen LogP contribution in [0.25, 0.3) is 11.0 Å². The Labute approximate surface area is 106 Å². The number of methoxy groups -OCH3 is 1. The van der Waals surface area contributed by atoms with Crippen LogP contribution in [0.2, 0.25) is 0 Å². The molecule has 0 amide bonds. The zero-order chi connectivity index (χ0) is 13.0. The largest absolute Gasteiger partial charge is 0.469 e. The Bertz CT molecular complexity index is 548. The minimum absolute atomic E-state index is 0.201. The molecule has 0 radical (unpaired) electrons. The molecular formula is C13H17N3O2. The molecule has 0 aliphatic carbocycles. The highest BCUT2D eigenvalue weighted by molar-refractivity contribution is 5.75. The fraction of sp³-hybridized carbons (Fsp3) is 0.385. The average Bonchev–Trinajstić information content (AvgIpc) is 2.72. The van der Waals surface area contributed by atoms with Gasteiger partial charge in [0.2, 0.25) is 0 Å². The first-order chi connectivity index (χ1) is 8.72. The number of hydrogen-bond donors (Lipinski definition) is 1. The molecule has 0 aliphatic rings. The lowest BCUT2D eigenvalue weighted by atomic mass is 10.3. The van der Waals surface area contributed by atoms with Crippen LogP contribution in [0.5, 0.6) is 0 Å². The zero-order valence-electron chi connectivity index (χ0n) is 10.6. The van der Waals surface area contributed by atoms with E-state index < -0.39 is 0 Å². The summed E-state index contributed by atoms with van der Waals surface area (Å²) >= 11 is 0. The number of carbonyl (C=O) groups is 1. The van der Waals surface area contributed by atoms with Gasteiger partial charge in [0, 0.05) is 13.6 Å². The van der Waals surface area contributed by atoms with Gasteiger partial charge >= 0.3 is 5.97 Å². The van der Waals surface area contributed by atoms with Crippen LogP contribution in [0.1, 0.15) is 12.2 Å². The van der Waals surface area contributed by atoms with Gasteiger partial charge in [0.15, 0.2) is 0 Å². The Morgan fingerprint density at radius 1 is 1.44 bits per heavy atom. The molecule has 0 spiro atoms. The van der Waals surface area contributed by atoms with Gasteiger partial charge in [-0.1, -0.05) is 12.1 Å². The van der Waals surface area contributed by atoms with E-state index in [4.69, 9.17) is 0 Å². The molecule has 2 rings (SSSR count). The highest BCUT2D eigenvalue weighted by Gasteiger charge is 2.06. The second kappa shape index (κ2) is 5.64. The second-order valence-electron chi connectivity index (χ2n) is 4.08. The van der Waals surface area contributed by atoms with Crippen molar-refractivity contribution in [3.63, 3.8) is 0 Å². The number of hydrogen-bond acceptors (Lipinski definition) is 4. The summed E-state index contributed by atoms with van der Waals surface area (Å²) in [5.74, 6) is 0.758. The van der Waals surface area contributed by atoms with Gasteiger partial charge in [-0.15, -0.1) is 0 Å². The Balaban J connectivity index is 1.95. The zero-order valence-corrected chi connectivity index (χ0v) is 10.6. The molecule has 18 heavy (non-hydrogen) atoms. The number of nitrogens with zero attached hydrogens (tertiary/aromatic N) is 2. The number of imidazole rings is 1. The normalized spacial score (nSPS) is 10.8. The van der Waals surface area contributed by atoms with Crippen LogP contribution in [0.15, 0.2) is 24.3 Å². The van der Waals surface area contributed by atoms with Crippen LogP contribution in [0.4, 0.5) is 0 Å². The van der Waals surface area contributed by atoms with Crippen molar-refractivity contribution in [3.05, 3.63) is 30.1 Å². The number of esters is 1. The summed E-state index contributed by atoms with van der Waals surface area (Å²) in [6, 6.07) is 8.01. The third-order valence-electron chi connectivity index (χ3n) is 2.90. The van der Waals surface area contributed by atoms with Gasteiger partial charge in [-0.3, -0.25) is 4.79 Å². The third kappa shape index (κ3) is 2.68. The Morgan fingerprint density at radius 3 is 2.94 bits per heavy atom. The summed E-state index contributed by atoms with van der Waals surface area (Å²) in [6.45, 7) is 1.23. The maximum absolute atomic E-state index is 10.9. The first kappa shape index (κ1) is 12.6. The van der Waals surface area contributed by atoms with Crippen molar-refractivity contribution >= 4 is 17.0 Å². The third-order valence-corrected chi connectivity index (χ3v) is 2.90. The van der Waals surface area contributed by atoms with Gasteiger partial charge < -0.3 is 14.6 Å². The number of aryl methyl sites for hydroxylation is 1. The lowest BCUT2D eigenvalue weighted by molar-refractivity contribution is -0.140. The quantitative estimate of drug-likeness (QED) is 0.637. The van der Waals surface area contributed by atoms with Gasteiger partial charge in [-0.2, -0.15) is 0 Å². The highest BCUT2D eigenvalue weighted by Crippen LogP contribution is 2.13. The Kier molecular flexibility index (Phi) is 3.94. The van der Waals surface area contributed by atoms with Crippen molar-refractivity contribution in [1.82, 2.24) is 14.9 Å². The summed E-state index contributed by atoms with van der Waals surface area (Å²) in [7, 11) is 3.39. The van der Waals surface area contributed by atoms with Gasteiger partial charge in [0.05, 0.1) is 31.1 Å². The SMILES string of the molecule is COC(=O)CCNCc1nc2ccccc2n1C. The van der Waals surface area contributed by atoms with E-state index in [0.29, 0.717) is 19.5 Å². The number of ether oxygens (including phenoxy) is 1. The van der Waals surface area contributed by atoms with E-state index in [2.05, 4.69) is 19.6 Å². The topological polar surface area (TPSA) is 56.1 Å². The number of aromatic nitrogens is 2. The summed E-state index contributed by atoms with van der Waals surface area (Å²) in [4.78, 5) is 15.5. The molecule has 1 aromatic heterocycles. The van der Waals surface area contributed by atoms with Crippen LogP contribution < -0.4 is 5.32 Å². The molecular weight excluding hydrogens is 230 g/mol. The highest BCUT2D eigenvalue weighted by atomic mass is 16.5. The van der Waals surface area contributed by atoms with Gasteiger partial charge in [0.1, 0.15) is 5.82 Å². The van der Waals surface area contributed by atoms with Crippen molar-refractivity contribution in [2.45, 2.75) is 13.0 Å². The molecule has 0 atom stereocenters. The summed E-state index contributed by atoms with van der Waals surface area (Å²) in [5.41, 5.74) is 2.10. The molecule has 0 saturated carbocycles. The van der Waals surface area contributed by atoms with E-state index >= 15 is 0 Å². The molecule has 2 aromatic rings. The second-order valence-corrected chi connectivity index (χ2v) is 4.08. The predicted molar refractivity (Wildman–Crippen MR) is 69.1 cm³/mol. The lowest BCUT2D eigenvalue weighted by Crippen LogP contribution is -2.20.